The molecule has 0 spiro atoms. The Morgan fingerprint density at radius 3 is 2.08 bits per heavy atom. The summed E-state index contributed by atoms with van der Waals surface area (Å²) < 4.78 is 0. The van der Waals surface area contributed by atoms with Crippen LogP contribution in [0.3, 0.4) is 0 Å². The van der Waals surface area contributed by atoms with Crippen molar-refractivity contribution in [2.24, 2.45) is 0 Å². The fourth-order valence-electron chi connectivity index (χ4n) is 6.49. The smallest absolute Gasteiger partial charge is 0.0679 e. The monoisotopic (exact) mass is 498 g/mol. The Morgan fingerprint density at radius 2 is 1.26 bits per heavy atom. The number of para-hydroxylation sites is 1. The van der Waals surface area contributed by atoms with Gasteiger partial charge in [-0.25, -0.2) is 0 Å². The molecule has 0 saturated heterocycles. The summed E-state index contributed by atoms with van der Waals surface area (Å²) >= 11 is 0. The van der Waals surface area contributed by atoms with Gasteiger partial charge < -0.3 is 4.90 Å². The largest absolute Gasteiger partial charge is 0.334 e. The molecule has 0 bridgehead atoms. The number of hydrogen-bond donors (Lipinski definition) is 0. The average Bonchev–Trinajstić information content (AvgIpc) is 3.34. The van der Waals surface area contributed by atoms with Crippen LogP contribution >= 0.6 is 0 Å². The first kappa shape index (κ1) is 22.1. The van der Waals surface area contributed by atoms with Crippen molar-refractivity contribution < 1.29 is 0 Å². The van der Waals surface area contributed by atoms with E-state index in [4.69, 9.17) is 0 Å². The molecule has 1 aromatic heterocycles. The van der Waals surface area contributed by atoms with Gasteiger partial charge in [-0.05, 0) is 87.0 Å². The van der Waals surface area contributed by atoms with E-state index >= 15 is 0 Å². The van der Waals surface area contributed by atoms with Crippen molar-refractivity contribution in [2.75, 3.05) is 4.90 Å². The summed E-state index contributed by atoms with van der Waals surface area (Å²) in [6.07, 6.45) is 7.20. The maximum absolute atomic E-state index is 4.64. The van der Waals surface area contributed by atoms with E-state index in [1.54, 1.807) is 0 Å². The minimum Gasteiger partial charge on any atom is -0.334 e. The van der Waals surface area contributed by atoms with Crippen molar-refractivity contribution >= 4 is 28.2 Å². The third kappa shape index (κ3) is 3.45. The summed E-state index contributed by atoms with van der Waals surface area (Å²) in [6.45, 7) is 0. The molecule has 2 aliphatic carbocycles. The van der Waals surface area contributed by atoms with E-state index in [9.17, 15) is 0 Å². The average molecular weight is 499 g/mol. The number of pyridine rings is 1. The molecule has 1 unspecified atom stereocenters. The maximum atomic E-state index is 4.64. The molecule has 1 atom stereocenters. The second kappa shape index (κ2) is 8.82. The quantitative estimate of drug-likeness (QED) is 0.240. The lowest BCUT2D eigenvalue weighted by atomic mass is 9.93. The summed E-state index contributed by atoms with van der Waals surface area (Å²) in [5.74, 6) is 0. The van der Waals surface area contributed by atoms with Crippen molar-refractivity contribution in [1.82, 2.24) is 4.98 Å². The van der Waals surface area contributed by atoms with Crippen LogP contribution in [0.15, 0.2) is 134 Å². The molecule has 8 rings (SSSR count). The molecule has 0 radical (unpaired) electrons. The van der Waals surface area contributed by atoms with Crippen LogP contribution in [0.25, 0.3) is 50.2 Å². The number of rotatable bonds is 4. The molecule has 0 N–H and O–H groups in total. The zero-order chi connectivity index (χ0) is 25.8. The van der Waals surface area contributed by atoms with Crippen LogP contribution in [-0.2, 0) is 0 Å². The molecular weight excluding hydrogens is 472 g/mol. The van der Waals surface area contributed by atoms with Gasteiger partial charge in [-0.15, -0.1) is 0 Å². The Kier molecular flexibility index (Phi) is 4.99. The standard InChI is InChI=1S/C37H26N2/c1-2-9-26(10-3-1)39(36-17-7-16-35-34(36)15-8-24-38-35)27-20-18-25(19-21-27)28-22-23-33-30-12-5-4-11-29(30)32-14-6-13-31(28)37(32)33/h1-16,18-24,36H,17H2. The molecule has 0 amide bonds. The van der Waals surface area contributed by atoms with Crippen molar-refractivity contribution in [3.63, 3.8) is 0 Å². The fraction of sp³-hybridized carbons (Fsp3) is 0.0541. The molecule has 6 aromatic rings. The van der Waals surface area contributed by atoms with E-state index in [0.717, 1.165) is 12.1 Å². The normalized spacial score (nSPS) is 14.7. The van der Waals surface area contributed by atoms with Crippen molar-refractivity contribution in [1.29, 1.82) is 0 Å². The third-order valence-electron chi connectivity index (χ3n) is 8.22. The molecule has 5 aromatic carbocycles. The molecule has 2 nitrogen and oxygen atoms in total. The van der Waals surface area contributed by atoms with Gasteiger partial charge >= 0.3 is 0 Å². The van der Waals surface area contributed by atoms with Gasteiger partial charge in [0.1, 0.15) is 0 Å². The molecule has 1 heterocycles. The fourth-order valence-corrected chi connectivity index (χ4v) is 6.49. The number of aromatic nitrogens is 1. The van der Waals surface area contributed by atoms with E-state index in [-0.39, 0.29) is 6.04 Å². The van der Waals surface area contributed by atoms with Crippen LogP contribution in [0, 0.1) is 0 Å². The highest BCUT2D eigenvalue weighted by molar-refractivity contribution is 6.18. The number of anilines is 2. The second-order valence-electron chi connectivity index (χ2n) is 10.3. The van der Waals surface area contributed by atoms with Gasteiger partial charge in [0, 0.05) is 23.1 Å². The Labute approximate surface area is 228 Å². The highest BCUT2D eigenvalue weighted by Crippen LogP contribution is 2.49. The zero-order valence-electron chi connectivity index (χ0n) is 21.5. The number of hydrogen-bond acceptors (Lipinski definition) is 2. The van der Waals surface area contributed by atoms with E-state index < -0.39 is 0 Å². The van der Waals surface area contributed by atoms with E-state index in [1.165, 1.54) is 61.1 Å². The van der Waals surface area contributed by atoms with Crippen LogP contribution in [0.2, 0.25) is 0 Å². The minimum atomic E-state index is 0.183. The Balaban J connectivity index is 1.23. The number of benzene rings is 5. The predicted octanol–water partition coefficient (Wildman–Crippen LogP) is 9.85. The first-order valence-corrected chi connectivity index (χ1v) is 13.6. The lowest BCUT2D eigenvalue weighted by Gasteiger charge is -2.35. The van der Waals surface area contributed by atoms with Gasteiger partial charge in [0.2, 0.25) is 0 Å². The van der Waals surface area contributed by atoms with Gasteiger partial charge in [-0.2, -0.15) is 0 Å². The Bertz CT molecular complexity index is 1850. The summed E-state index contributed by atoms with van der Waals surface area (Å²) in [5.41, 5.74) is 12.5. The van der Waals surface area contributed by atoms with Gasteiger partial charge in [-0.1, -0.05) is 97.1 Å². The van der Waals surface area contributed by atoms with Gasteiger partial charge in [0.25, 0.3) is 0 Å². The zero-order valence-corrected chi connectivity index (χ0v) is 21.5. The molecule has 39 heavy (non-hydrogen) atoms. The maximum Gasteiger partial charge on any atom is 0.0679 e. The third-order valence-corrected chi connectivity index (χ3v) is 8.22. The van der Waals surface area contributed by atoms with Crippen molar-refractivity contribution in [3.8, 4) is 33.4 Å². The molecule has 2 heteroatoms. The van der Waals surface area contributed by atoms with Crippen molar-refractivity contribution in [3.05, 3.63) is 145 Å². The summed E-state index contributed by atoms with van der Waals surface area (Å²) in [6, 6.07) is 44.3. The summed E-state index contributed by atoms with van der Waals surface area (Å²) in [5, 5.41) is 2.68. The molecule has 0 aliphatic heterocycles. The van der Waals surface area contributed by atoms with Gasteiger partial charge in [0.15, 0.2) is 0 Å². The minimum absolute atomic E-state index is 0.183. The van der Waals surface area contributed by atoms with Crippen LogP contribution < -0.4 is 4.90 Å². The summed E-state index contributed by atoms with van der Waals surface area (Å²) in [4.78, 5) is 7.10. The van der Waals surface area contributed by atoms with Crippen LogP contribution in [0.4, 0.5) is 11.4 Å². The Hall–Kier alpha value is -4.95. The molecule has 184 valence electrons. The van der Waals surface area contributed by atoms with Crippen LogP contribution in [0.5, 0.6) is 0 Å². The molecule has 0 fully saturated rings. The highest BCUT2D eigenvalue weighted by atomic mass is 15.2. The van der Waals surface area contributed by atoms with Crippen molar-refractivity contribution in [2.45, 2.75) is 12.5 Å². The second-order valence-corrected chi connectivity index (χ2v) is 10.3. The molecular formula is C37H26N2. The molecule has 2 aliphatic rings. The topological polar surface area (TPSA) is 16.1 Å². The van der Waals surface area contributed by atoms with E-state index in [2.05, 4.69) is 137 Å². The first-order valence-electron chi connectivity index (χ1n) is 13.6. The van der Waals surface area contributed by atoms with E-state index in [1.807, 2.05) is 12.3 Å². The highest BCUT2D eigenvalue weighted by Gasteiger charge is 2.26. The Morgan fingerprint density at radius 1 is 0.564 bits per heavy atom. The van der Waals surface area contributed by atoms with E-state index in [0.29, 0.717) is 0 Å². The number of fused-ring (bicyclic) bond motifs is 4. The number of nitrogens with zero attached hydrogens (tertiary/aromatic N) is 2. The first-order chi connectivity index (χ1) is 19.4. The summed E-state index contributed by atoms with van der Waals surface area (Å²) in [7, 11) is 0. The lowest BCUT2D eigenvalue weighted by Crippen LogP contribution is -2.25. The lowest BCUT2D eigenvalue weighted by molar-refractivity contribution is 0.697. The molecule has 0 saturated carbocycles. The SMILES string of the molecule is C1=Cc2ncccc2C(N(c2ccccc2)c2ccc(-c3ccc4c5c(cccc35)-c3ccccc3-4)cc2)C1. The van der Waals surface area contributed by atoms with Crippen LogP contribution in [-0.4, -0.2) is 4.98 Å². The van der Waals surface area contributed by atoms with Gasteiger partial charge in [-0.3, -0.25) is 4.98 Å². The van der Waals surface area contributed by atoms with Gasteiger partial charge in [0.05, 0.1) is 11.7 Å². The van der Waals surface area contributed by atoms with Crippen LogP contribution in [0.1, 0.15) is 23.7 Å². The predicted molar refractivity (Wildman–Crippen MR) is 163 cm³/mol.